The molecular formula is C28H20Cl2N2O6. The number of carbonyl (C=O) groups is 2. The molecule has 38 heavy (non-hydrogen) atoms. The monoisotopic (exact) mass is 550 g/mol. The third-order valence-corrected chi connectivity index (χ3v) is 6.33. The first-order valence-electron chi connectivity index (χ1n) is 11.5. The summed E-state index contributed by atoms with van der Waals surface area (Å²) in [5.41, 5.74) is 2.75. The second kappa shape index (κ2) is 11.0. The van der Waals surface area contributed by atoms with E-state index >= 15 is 0 Å². The second-order valence-corrected chi connectivity index (χ2v) is 9.20. The van der Waals surface area contributed by atoms with E-state index in [4.69, 9.17) is 42.5 Å². The van der Waals surface area contributed by atoms with Crippen LogP contribution in [0, 0.1) is 0 Å². The Morgan fingerprint density at radius 2 is 1.82 bits per heavy atom. The smallest absolute Gasteiger partial charge is 0.493 e. The molecule has 10 heteroatoms. The minimum Gasteiger partial charge on any atom is -0.493 e. The van der Waals surface area contributed by atoms with Gasteiger partial charge >= 0.3 is 6.16 Å². The number of carbonyl (C=O) groups excluding carboxylic acids is 1. The molecule has 2 heterocycles. The average Bonchev–Trinajstić information content (AvgIpc) is 2.90. The molecular weight excluding hydrogens is 531 g/mol. The number of pyridine rings is 1. The number of rotatable bonds is 6. The summed E-state index contributed by atoms with van der Waals surface area (Å²) in [6.45, 7) is 0.300. The number of hydrogen-bond acceptors (Lipinski definition) is 6. The lowest BCUT2D eigenvalue weighted by atomic mass is 10.0. The fourth-order valence-electron chi connectivity index (χ4n) is 3.98. The molecule has 4 aromatic rings. The van der Waals surface area contributed by atoms with Crippen LogP contribution in [0.5, 0.6) is 17.2 Å². The minimum atomic E-state index is -1.37. The standard InChI is InChI=1S/C28H20Cl2N2O6/c29-19-3-1-2-17(12-19)18-6-9-26(31-15-18)32-27(33)16-4-7-20(8-5-16)37-25-14-24-21(13-22(25)30)23(10-11-36-24)38-28(34)35/h1-9,12-15,23H,10-11H2,(H,34,35)(H,31,32,33). The van der Waals surface area contributed by atoms with E-state index in [1.165, 1.54) is 0 Å². The molecule has 2 N–H and O–H groups in total. The van der Waals surface area contributed by atoms with E-state index in [9.17, 15) is 9.59 Å². The van der Waals surface area contributed by atoms with Gasteiger partial charge in [0.15, 0.2) is 0 Å². The number of carboxylic acid groups (broad SMARTS) is 1. The third-order valence-electron chi connectivity index (χ3n) is 5.80. The van der Waals surface area contributed by atoms with Gasteiger partial charge in [0, 0.05) is 40.4 Å². The quantitative estimate of drug-likeness (QED) is 0.238. The van der Waals surface area contributed by atoms with E-state index in [-0.39, 0.29) is 10.9 Å². The molecule has 192 valence electrons. The Bertz CT molecular complexity index is 1490. The molecule has 0 fully saturated rings. The summed E-state index contributed by atoms with van der Waals surface area (Å²) in [6, 6.07) is 20.7. The first kappa shape index (κ1) is 25.4. The maximum absolute atomic E-state index is 12.7. The van der Waals surface area contributed by atoms with Crippen LogP contribution in [0.25, 0.3) is 11.1 Å². The highest BCUT2D eigenvalue weighted by Gasteiger charge is 2.27. The van der Waals surface area contributed by atoms with Crippen LogP contribution in [0.2, 0.25) is 10.0 Å². The zero-order chi connectivity index (χ0) is 26.6. The molecule has 8 nitrogen and oxygen atoms in total. The Labute approximate surface area is 227 Å². The Balaban J connectivity index is 1.24. The maximum Gasteiger partial charge on any atom is 0.506 e. The molecule has 0 aliphatic carbocycles. The van der Waals surface area contributed by atoms with Gasteiger partial charge in [-0.15, -0.1) is 0 Å². The highest BCUT2D eigenvalue weighted by atomic mass is 35.5. The molecule has 1 aromatic heterocycles. The molecule has 0 bridgehead atoms. The van der Waals surface area contributed by atoms with Crippen LogP contribution in [0.15, 0.2) is 79.0 Å². The number of benzene rings is 3. The van der Waals surface area contributed by atoms with Crippen LogP contribution in [0.3, 0.4) is 0 Å². The number of aromatic nitrogens is 1. The fourth-order valence-corrected chi connectivity index (χ4v) is 4.38. The van der Waals surface area contributed by atoms with Crippen LogP contribution in [0.4, 0.5) is 10.6 Å². The van der Waals surface area contributed by atoms with Gasteiger partial charge in [0.2, 0.25) is 0 Å². The lowest BCUT2D eigenvalue weighted by Gasteiger charge is -2.25. The number of amides is 1. The predicted octanol–water partition coefficient (Wildman–Crippen LogP) is 7.62. The van der Waals surface area contributed by atoms with Gasteiger partial charge in [-0.2, -0.15) is 0 Å². The van der Waals surface area contributed by atoms with Crippen LogP contribution < -0.4 is 14.8 Å². The van der Waals surface area contributed by atoms with E-state index in [1.807, 2.05) is 24.3 Å². The van der Waals surface area contributed by atoms with Crippen molar-refractivity contribution >= 4 is 41.1 Å². The van der Waals surface area contributed by atoms with Crippen molar-refractivity contribution in [3.63, 3.8) is 0 Å². The second-order valence-electron chi connectivity index (χ2n) is 8.35. The molecule has 1 unspecified atom stereocenters. The summed E-state index contributed by atoms with van der Waals surface area (Å²) in [7, 11) is 0. The van der Waals surface area contributed by atoms with Crippen molar-refractivity contribution in [2.75, 3.05) is 11.9 Å². The first-order chi connectivity index (χ1) is 18.4. The van der Waals surface area contributed by atoms with E-state index in [1.54, 1.807) is 54.7 Å². The molecule has 0 saturated carbocycles. The molecule has 3 aromatic carbocycles. The van der Waals surface area contributed by atoms with Gasteiger partial charge in [-0.25, -0.2) is 9.78 Å². The van der Waals surface area contributed by atoms with Crippen LogP contribution in [0.1, 0.15) is 28.4 Å². The summed E-state index contributed by atoms with van der Waals surface area (Å²) in [5, 5.41) is 12.6. The lowest BCUT2D eigenvalue weighted by Crippen LogP contribution is -2.18. The molecule has 1 atom stereocenters. The average molecular weight is 551 g/mol. The SMILES string of the molecule is O=C(O)OC1CCOc2cc(Oc3ccc(C(=O)Nc4ccc(-c5cccc(Cl)c5)cn4)cc3)c(Cl)cc21. The van der Waals surface area contributed by atoms with Gasteiger partial charge in [-0.3, -0.25) is 4.79 Å². The number of halogens is 2. The third kappa shape index (κ3) is 5.82. The van der Waals surface area contributed by atoms with Gasteiger partial charge in [0.1, 0.15) is 29.2 Å². The van der Waals surface area contributed by atoms with E-state index < -0.39 is 12.3 Å². The maximum atomic E-state index is 12.7. The lowest BCUT2D eigenvalue weighted by molar-refractivity contribution is 0.0326. The summed E-state index contributed by atoms with van der Waals surface area (Å²) in [5.74, 6) is 1.28. The van der Waals surface area contributed by atoms with Crippen molar-refractivity contribution in [1.82, 2.24) is 4.98 Å². The first-order valence-corrected chi connectivity index (χ1v) is 12.3. The molecule has 1 aliphatic heterocycles. The van der Waals surface area contributed by atoms with Gasteiger partial charge in [-0.1, -0.05) is 35.3 Å². The number of anilines is 1. The van der Waals surface area contributed by atoms with Crippen molar-refractivity contribution < 1.29 is 28.9 Å². The summed E-state index contributed by atoms with van der Waals surface area (Å²) < 4.78 is 16.5. The van der Waals surface area contributed by atoms with Crippen LogP contribution in [-0.4, -0.2) is 28.8 Å². The van der Waals surface area contributed by atoms with Crippen molar-refractivity contribution in [2.24, 2.45) is 0 Å². The summed E-state index contributed by atoms with van der Waals surface area (Å²) in [6.07, 6.45) is 0.0261. The Kier molecular flexibility index (Phi) is 7.35. The van der Waals surface area contributed by atoms with E-state index in [0.29, 0.717) is 52.2 Å². The summed E-state index contributed by atoms with van der Waals surface area (Å²) >= 11 is 12.4. The van der Waals surface area contributed by atoms with Gasteiger partial charge in [-0.05, 0) is 60.2 Å². The normalized spacial score (nSPS) is 14.1. The zero-order valence-electron chi connectivity index (χ0n) is 19.7. The highest BCUT2D eigenvalue weighted by molar-refractivity contribution is 6.32. The van der Waals surface area contributed by atoms with E-state index in [2.05, 4.69) is 10.3 Å². The molecule has 1 amide bonds. The largest absolute Gasteiger partial charge is 0.506 e. The predicted molar refractivity (Wildman–Crippen MR) is 143 cm³/mol. The Morgan fingerprint density at radius 1 is 1.00 bits per heavy atom. The Morgan fingerprint density at radius 3 is 2.53 bits per heavy atom. The number of nitrogens with zero attached hydrogens (tertiary/aromatic N) is 1. The number of nitrogens with one attached hydrogen (secondary N) is 1. The van der Waals surface area contributed by atoms with Crippen molar-refractivity contribution in [3.8, 4) is 28.4 Å². The Hall–Kier alpha value is -4.27. The van der Waals surface area contributed by atoms with Gasteiger partial charge < -0.3 is 24.6 Å². The molecule has 0 spiro atoms. The van der Waals surface area contributed by atoms with Crippen LogP contribution in [-0.2, 0) is 4.74 Å². The highest BCUT2D eigenvalue weighted by Crippen LogP contribution is 2.42. The van der Waals surface area contributed by atoms with Gasteiger partial charge in [0.05, 0.1) is 11.6 Å². The number of hydrogen-bond donors (Lipinski definition) is 2. The molecule has 5 rings (SSSR count). The number of fused-ring (bicyclic) bond motifs is 1. The number of ether oxygens (including phenoxy) is 3. The molecule has 1 aliphatic rings. The van der Waals surface area contributed by atoms with Crippen LogP contribution >= 0.6 is 23.2 Å². The van der Waals surface area contributed by atoms with Crippen molar-refractivity contribution in [2.45, 2.75) is 12.5 Å². The zero-order valence-corrected chi connectivity index (χ0v) is 21.2. The van der Waals surface area contributed by atoms with Gasteiger partial charge in [0.25, 0.3) is 5.91 Å². The fraction of sp³-hybridized carbons (Fsp3) is 0.107. The van der Waals surface area contributed by atoms with E-state index in [0.717, 1.165) is 11.1 Å². The molecule has 0 saturated heterocycles. The minimum absolute atomic E-state index is 0.266. The van der Waals surface area contributed by atoms with Crippen molar-refractivity contribution in [1.29, 1.82) is 0 Å². The molecule has 0 radical (unpaired) electrons. The van der Waals surface area contributed by atoms with Crippen molar-refractivity contribution in [3.05, 3.63) is 100 Å². The topological polar surface area (TPSA) is 107 Å². The summed E-state index contributed by atoms with van der Waals surface area (Å²) in [4.78, 5) is 28.0.